The second-order valence-corrected chi connectivity index (χ2v) is 5.97. The molecule has 0 aliphatic heterocycles. The van der Waals surface area contributed by atoms with Crippen molar-refractivity contribution in [2.75, 3.05) is 12.4 Å². The van der Waals surface area contributed by atoms with Crippen molar-refractivity contribution in [1.29, 1.82) is 0 Å². The molecule has 0 unspecified atom stereocenters. The fourth-order valence-electron chi connectivity index (χ4n) is 2.41. The molecule has 2 aromatic carbocycles. The molecule has 0 atom stereocenters. The number of ether oxygens (including phenoxy) is 1. The van der Waals surface area contributed by atoms with Gasteiger partial charge in [0.25, 0.3) is 5.91 Å². The zero-order chi connectivity index (χ0) is 18.4. The monoisotopic (exact) mass is 367 g/mol. The molecule has 0 radical (unpaired) electrons. The number of carbonyl (C=O) groups is 1. The van der Waals surface area contributed by atoms with E-state index in [0.29, 0.717) is 17.3 Å². The number of hydrogen-bond donors (Lipinski definition) is 2. The fraction of sp³-hybridized carbons (Fsp3) is 0.100. The SMILES string of the molecule is COc1cccc(Nc2ccnc(C(=O)NCc3ccccc3Cl)c2)c1. The van der Waals surface area contributed by atoms with E-state index in [1.165, 1.54) is 0 Å². The van der Waals surface area contributed by atoms with Crippen LogP contribution in [-0.2, 0) is 6.54 Å². The van der Waals surface area contributed by atoms with Gasteiger partial charge in [0.15, 0.2) is 0 Å². The number of nitrogens with zero attached hydrogens (tertiary/aromatic N) is 1. The predicted molar refractivity (Wildman–Crippen MR) is 103 cm³/mol. The maximum absolute atomic E-state index is 12.4. The molecule has 0 saturated carbocycles. The van der Waals surface area contributed by atoms with Crippen LogP contribution in [0.1, 0.15) is 16.1 Å². The van der Waals surface area contributed by atoms with Crippen molar-refractivity contribution in [3.05, 3.63) is 83.1 Å². The highest BCUT2D eigenvalue weighted by Gasteiger charge is 2.09. The van der Waals surface area contributed by atoms with Gasteiger partial charge in [0.05, 0.1) is 7.11 Å². The number of methoxy groups -OCH3 is 1. The van der Waals surface area contributed by atoms with E-state index in [1.807, 2.05) is 42.5 Å². The van der Waals surface area contributed by atoms with E-state index < -0.39 is 0 Å². The summed E-state index contributed by atoms with van der Waals surface area (Å²) in [5, 5.41) is 6.69. The first-order valence-corrected chi connectivity index (χ1v) is 8.42. The van der Waals surface area contributed by atoms with Gasteiger partial charge in [-0.15, -0.1) is 0 Å². The Kier molecular flexibility index (Phi) is 5.71. The predicted octanol–water partition coefficient (Wildman–Crippen LogP) is 4.42. The molecule has 1 amide bonds. The van der Waals surface area contributed by atoms with Crippen LogP contribution in [0.25, 0.3) is 0 Å². The van der Waals surface area contributed by atoms with Crippen molar-refractivity contribution in [2.45, 2.75) is 6.54 Å². The van der Waals surface area contributed by atoms with Gasteiger partial charge in [0.2, 0.25) is 0 Å². The number of rotatable bonds is 6. The topological polar surface area (TPSA) is 63.2 Å². The molecule has 0 aliphatic carbocycles. The third-order valence-electron chi connectivity index (χ3n) is 3.75. The molecule has 2 N–H and O–H groups in total. The lowest BCUT2D eigenvalue weighted by Gasteiger charge is -2.10. The van der Waals surface area contributed by atoms with Crippen LogP contribution in [0.4, 0.5) is 11.4 Å². The maximum atomic E-state index is 12.4. The fourth-order valence-corrected chi connectivity index (χ4v) is 2.61. The first-order valence-electron chi connectivity index (χ1n) is 8.04. The number of aromatic nitrogens is 1. The third kappa shape index (κ3) is 4.52. The van der Waals surface area contributed by atoms with E-state index in [0.717, 1.165) is 22.7 Å². The molecular weight excluding hydrogens is 350 g/mol. The lowest BCUT2D eigenvalue weighted by atomic mass is 10.2. The van der Waals surface area contributed by atoms with Crippen molar-refractivity contribution in [3.8, 4) is 5.75 Å². The van der Waals surface area contributed by atoms with Gasteiger partial charge in [-0.2, -0.15) is 0 Å². The van der Waals surface area contributed by atoms with Gasteiger partial charge in [-0.1, -0.05) is 35.9 Å². The minimum Gasteiger partial charge on any atom is -0.497 e. The number of nitrogens with one attached hydrogen (secondary N) is 2. The second-order valence-electron chi connectivity index (χ2n) is 5.56. The van der Waals surface area contributed by atoms with Crippen LogP contribution >= 0.6 is 11.6 Å². The Bertz CT molecular complexity index is 915. The number of carbonyl (C=O) groups excluding carboxylic acids is 1. The molecule has 0 bridgehead atoms. The van der Waals surface area contributed by atoms with Crippen molar-refractivity contribution in [1.82, 2.24) is 10.3 Å². The van der Waals surface area contributed by atoms with Crippen LogP contribution in [-0.4, -0.2) is 18.0 Å². The van der Waals surface area contributed by atoms with Gasteiger partial charge in [-0.3, -0.25) is 9.78 Å². The Morgan fingerprint density at radius 2 is 1.88 bits per heavy atom. The molecule has 0 saturated heterocycles. The summed E-state index contributed by atoms with van der Waals surface area (Å²) in [4.78, 5) is 16.5. The molecule has 26 heavy (non-hydrogen) atoms. The highest BCUT2D eigenvalue weighted by atomic mass is 35.5. The Labute approximate surface area is 157 Å². The first kappa shape index (κ1) is 17.8. The number of pyridine rings is 1. The average Bonchev–Trinajstić information content (AvgIpc) is 2.67. The van der Waals surface area contributed by atoms with Gasteiger partial charge in [-0.25, -0.2) is 0 Å². The van der Waals surface area contributed by atoms with Crippen LogP contribution in [0.15, 0.2) is 66.9 Å². The molecule has 0 spiro atoms. The summed E-state index contributed by atoms with van der Waals surface area (Å²) >= 11 is 6.11. The molecule has 0 aliphatic rings. The smallest absolute Gasteiger partial charge is 0.270 e. The third-order valence-corrected chi connectivity index (χ3v) is 4.12. The molecule has 0 fully saturated rings. The van der Waals surface area contributed by atoms with Gasteiger partial charge in [0, 0.05) is 35.2 Å². The molecule has 3 aromatic rings. The van der Waals surface area contributed by atoms with Crippen molar-refractivity contribution < 1.29 is 9.53 Å². The highest BCUT2D eigenvalue weighted by molar-refractivity contribution is 6.31. The summed E-state index contributed by atoms with van der Waals surface area (Å²) < 4.78 is 5.21. The van der Waals surface area contributed by atoms with Crippen LogP contribution in [0.5, 0.6) is 5.75 Å². The Morgan fingerprint density at radius 3 is 2.69 bits per heavy atom. The minimum absolute atomic E-state index is 0.265. The number of anilines is 2. The number of halogens is 1. The molecular formula is C20H18ClN3O2. The second kappa shape index (κ2) is 8.36. The molecule has 3 rings (SSSR count). The zero-order valence-corrected chi connectivity index (χ0v) is 15.0. The van der Waals surface area contributed by atoms with E-state index in [9.17, 15) is 4.79 Å². The van der Waals surface area contributed by atoms with Gasteiger partial charge in [-0.05, 0) is 35.9 Å². The lowest BCUT2D eigenvalue weighted by molar-refractivity contribution is 0.0946. The number of hydrogen-bond acceptors (Lipinski definition) is 4. The number of benzene rings is 2. The van der Waals surface area contributed by atoms with E-state index in [4.69, 9.17) is 16.3 Å². The van der Waals surface area contributed by atoms with E-state index in [1.54, 1.807) is 31.5 Å². The molecule has 1 aromatic heterocycles. The Morgan fingerprint density at radius 1 is 1.08 bits per heavy atom. The Hall–Kier alpha value is -3.05. The summed E-state index contributed by atoms with van der Waals surface area (Å²) in [5.74, 6) is 0.487. The van der Waals surface area contributed by atoms with Crippen LogP contribution < -0.4 is 15.4 Å². The summed E-state index contributed by atoms with van der Waals surface area (Å²) in [6.45, 7) is 0.341. The Balaban J connectivity index is 1.68. The van der Waals surface area contributed by atoms with Crippen LogP contribution in [0.2, 0.25) is 5.02 Å². The van der Waals surface area contributed by atoms with E-state index >= 15 is 0 Å². The maximum Gasteiger partial charge on any atom is 0.270 e. The lowest BCUT2D eigenvalue weighted by Crippen LogP contribution is -2.24. The highest BCUT2D eigenvalue weighted by Crippen LogP contribution is 2.21. The van der Waals surface area contributed by atoms with Crippen LogP contribution in [0, 0.1) is 0 Å². The summed E-state index contributed by atoms with van der Waals surface area (Å²) in [6.07, 6.45) is 1.59. The quantitative estimate of drug-likeness (QED) is 0.677. The zero-order valence-electron chi connectivity index (χ0n) is 14.2. The van der Waals surface area contributed by atoms with Crippen molar-refractivity contribution >= 4 is 28.9 Å². The normalized spacial score (nSPS) is 10.2. The summed E-state index contributed by atoms with van der Waals surface area (Å²) in [5.41, 5.74) is 2.80. The van der Waals surface area contributed by atoms with E-state index in [-0.39, 0.29) is 5.91 Å². The molecule has 6 heteroatoms. The molecule has 5 nitrogen and oxygen atoms in total. The first-order chi connectivity index (χ1) is 12.7. The van der Waals surface area contributed by atoms with Crippen molar-refractivity contribution in [2.24, 2.45) is 0 Å². The summed E-state index contributed by atoms with van der Waals surface area (Å²) in [7, 11) is 1.62. The van der Waals surface area contributed by atoms with Crippen molar-refractivity contribution in [3.63, 3.8) is 0 Å². The minimum atomic E-state index is -0.265. The van der Waals surface area contributed by atoms with Crippen LogP contribution in [0.3, 0.4) is 0 Å². The average molecular weight is 368 g/mol. The van der Waals surface area contributed by atoms with Gasteiger partial charge >= 0.3 is 0 Å². The largest absolute Gasteiger partial charge is 0.497 e. The number of amides is 1. The molecule has 132 valence electrons. The standard InChI is InChI=1S/C20H18ClN3O2/c1-26-17-7-4-6-15(11-17)24-16-9-10-22-19(12-16)20(25)23-13-14-5-2-3-8-18(14)21/h2-12H,13H2,1H3,(H,22,24)(H,23,25). The van der Waals surface area contributed by atoms with E-state index in [2.05, 4.69) is 15.6 Å². The van der Waals surface area contributed by atoms with Gasteiger partial charge in [0.1, 0.15) is 11.4 Å². The summed E-state index contributed by atoms with van der Waals surface area (Å²) in [6, 6.07) is 18.4. The van der Waals surface area contributed by atoms with Gasteiger partial charge < -0.3 is 15.4 Å². The molecule has 1 heterocycles.